The van der Waals surface area contributed by atoms with Gasteiger partial charge in [0.2, 0.25) is 0 Å². The highest BCUT2D eigenvalue weighted by molar-refractivity contribution is 6.43. The number of aliphatic hydroxyl groups excluding tert-OH is 1. The van der Waals surface area contributed by atoms with Gasteiger partial charge in [0, 0.05) is 12.8 Å². The molecule has 1 amide bonds. The predicted molar refractivity (Wildman–Crippen MR) is 38.4 cm³/mol. The van der Waals surface area contributed by atoms with Crippen molar-refractivity contribution in [1.82, 2.24) is 0 Å². The molecule has 0 aromatic rings. The number of carbonyl (C=O) groups excluding carboxylic acids is 1. The number of hydrogen-bond acceptors (Lipinski definition) is 4. The molecule has 2 N–H and O–H groups in total. The predicted octanol–water partition coefficient (Wildman–Crippen LogP) is -0.913. The lowest BCUT2D eigenvalue weighted by molar-refractivity contribution is -0.111. The van der Waals surface area contributed by atoms with Gasteiger partial charge >= 0.3 is 0 Å². The normalized spacial score (nSPS) is 16.3. The van der Waals surface area contributed by atoms with E-state index in [1.54, 1.807) is 0 Å². The van der Waals surface area contributed by atoms with Gasteiger partial charge in [0.1, 0.15) is 12.1 Å². The fourth-order valence-corrected chi connectivity index (χ4v) is 0.718. The van der Waals surface area contributed by atoms with E-state index in [0.29, 0.717) is 0 Å². The van der Waals surface area contributed by atoms with Crippen LogP contribution < -0.4 is 0 Å². The van der Waals surface area contributed by atoms with E-state index in [2.05, 4.69) is 9.98 Å². The topological polar surface area (TPSA) is 82.2 Å². The van der Waals surface area contributed by atoms with E-state index in [9.17, 15) is 4.79 Å². The second kappa shape index (κ2) is 3.36. The van der Waals surface area contributed by atoms with E-state index < -0.39 is 6.29 Å². The third-order valence-corrected chi connectivity index (χ3v) is 1.27. The van der Waals surface area contributed by atoms with Gasteiger partial charge in [0.15, 0.2) is 6.29 Å². The molecule has 11 heavy (non-hydrogen) atoms. The number of hydrogen-bond donors (Lipinski definition) is 2. The minimum Gasteiger partial charge on any atom is -0.368 e. The molecule has 1 aliphatic rings. The van der Waals surface area contributed by atoms with Gasteiger partial charge in [0.05, 0.1) is 0 Å². The van der Waals surface area contributed by atoms with Crippen LogP contribution in [-0.2, 0) is 4.79 Å². The second-order valence-electron chi connectivity index (χ2n) is 2.14. The molecule has 0 aromatic heterocycles. The minimum absolute atomic E-state index is 0.119. The molecule has 0 saturated heterocycles. The summed E-state index contributed by atoms with van der Waals surface area (Å²) >= 11 is 0. The third-order valence-electron chi connectivity index (χ3n) is 1.27. The maximum atomic E-state index is 10.7. The first kappa shape index (κ1) is 8.03. The molecular weight excluding hydrogens is 148 g/mol. The third kappa shape index (κ3) is 2.21. The molecule has 1 heterocycles. The Morgan fingerprint density at radius 2 is 2.27 bits per heavy atom. The van der Waals surface area contributed by atoms with Crippen LogP contribution in [0.25, 0.3) is 0 Å². The summed E-state index contributed by atoms with van der Waals surface area (Å²) in [5.74, 6) is -0.384. The molecule has 5 heteroatoms. The van der Waals surface area contributed by atoms with Gasteiger partial charge in [-0.15, -0.1) is 0 Å². The lowest BCUT2D eigenvalue weighted by atomic mass is 10.2. The Morgan fingerprint density at radius 1 is 1.55 bits per heavy atom. The molecule has 0 fully saturated rings. The van der Waals surface area contributed by atoms with E-state index in [1.807, 2.05) is 0 Å². The quantitative estimate of drug-likeness (QED) is 0.519. The minimum atomic E-state index is -1.38. The number of amides is 1. The van der Waals surface area contributed by atoms with Crippen LogP contribution in [0.4, 0.5) is 0 Å². The van der Waals surface area contributed by atoms with Crippen LogP contribution in [0.15, 0.2) is 9.98 Å². The average Bonchev–Trinajstić information content (AvgIpc) is 2.31. The summed E-state index contributed by atoms with van der Waals surface area (Å²) in [6.45, 7) is 0. The van der Waals surface area contributed by atoms with Crippen LogP contribution in [0.5, 0.6) is 0 Å². The summed E-state index contributed by atoms with van der Waals surface area (Å²) in [5.41, 5.74) is 0.290. The van der Waals surface area contributed by atoms with Crippen molar-refractivity contribution in [2.45, 2.75) is 19.1 Å². The summed E-state index contributed by atoms with van der Waals surface area (Å²) in [6, 6.07) is 0. The first-order valence-corrected chi connectivity index (χ1v) is 3.20. The Hall–Kier alpha value is -1.07. The summed E-state index contributed by atoms with van der Waals surface area (Å²) in [5, 5.41) is 16.9. The molecule has 0 radical (unpaired) electrons. The van der Waals surface area contributed by atoms with E-state index >= 15 is 0 Å². The monoisotopic (exact) mass is 156 g/mol. The number of carbonyl (C=O) groups is 1. The highest BCUT2D eigenvalue weighted by atomic mass is 16.5. The van der Waals surface area contributed by atoms with Crippen molar-refractivity contribution in [2.75, 3.05) is 0 Å². The number of aliphatic imine (C=N–C) groups is 2. The van der Waals surface area contributed by atoms with Gasteiger partial charge in [-0.25, -0.2) is 4.99 Å². The molecule has 1 rings (SSSR count). The van der Waals surface area contributed by atoms with E-state index in [4.69, 9.17) is 10.2 Å². The molecule has 0 saturated carbocycles. The molecule has 0 atom stereocenters. The average molecular weight is 156 g/mol. The molecule has 0 spiro atoms. The standard InChI is InChI=1S/C6H8N2O3/c9-5(10)2-1-4-6(11)8-3-7-4/h3,5,9-10H,1-2H2. The molecule has 0 aromatic carbocycles. The first-order chi connectivity index (χ1) is 5.20. The number of nitrogens with zero attached hydrogens (tertiary/aromatic N) is 2. The van der Waals surface area contributed by atoms with Gasteiger partial charge in [-0.3, -0.25) is 4.79 Å². The van der Waals surface area contributed by atoms with Crippen molar-refractivity contribution in [1.29, 1.82) is 0 Å². The van der Waals surface area contributed by atoms with Crippen molar-refractivity contribution in [3.63, 3.8) is 0 Å². The highest BCUT2D eigenvalue weighted by Crippen LogP contribution is 2.01. The number of aliphatic hydroxyl groups is 2. The van der Waals surface area contributed by atoms with E-state index in [1.165, 1.54) is 6.34 Å². The summed E-state index contributed by atoms with van der Waals surface area (Å²) in [7, 11) is 0. The van der Waals surface area contributed by atoms with Crippen molar-refractivity contribution >= 4 is 18.0 Å². The number of rotatable bonds is 3. The fraction of sp³-hybridized carbons (Fsp3) is 0.500. The largest absolute Gasteiger partial charge is 0.368 e. The van der Waals surface area contributed by atoms with Crippen molar-refractivity contribution in [3.8, 4) is 0 Å². The Kier molecular flexibility index (Phi) is 2.45. The zero-order valence-electron chi connectivity index (χ0n) is 5.77. The van der Waals surface area contributed by atoms with E-state index in [0.717, 1.165) is 0 Å². The lowest BCUT2D eigenvalue weighted by Crippen LogP contribution is -2.12. The fourth-order valence-electron chi connectivity index (χ4n) is 0.718. The molecule has 5 nitrogen and oxygen atoms in total. The Balaban J connectivity index is 2.34. The Bertz CT molecular complexity index is 220. The van der Waals surface area contributed by atoms with Crippen LogP contribution >= 0.6 is 0 Å². The first-order valence-electron chi connectivity index (χ1n) is 3.20. The van der Waals surface area contributed by atoms with Crippen LogP contribution in [-0.4, -0.2) is 34.5 Å². The summed E-state index contributed by atoms with van der Waals surface area (Å²) in [4.78, 5) is 17.7. The summed E-state index contributed by atoms with van der Waals surface area (Å²) < 4.78 is 0. The smallest absolute Gasteiger partial charge is 0.292 e. The van der Waals surface area contributed by atoms with Crippen LogP contribution in [0.2, 0.25) is 0 Å². The maximum Gasteiger partial charge on any atom is 0.292 e. The molecule has 60 valence electrons. The molecular formula is C6H8N2O3. The van der Waals surface area contributed by atoms with Crippen LogP contribution in [0.3, 0.4) is 0 Å². The van der Waals surface area contributed by atoms with Crippen LogP contribution in [0.1, 0.15) is 12.8 Å². The van der Waals surface area contributed by atoms with Gasteiger partial charge < -0.3 is 10.2 Å². The van der Waals surface area contributed by atoms with Crippen molar-refractivity contribution in [3.05, 3.63) is 0 Å². The zero-order chi connectivity index (χ0) is 8.27. The van der Waals surface area contributed by atoms with Gasteiger partial charge in [-0.2, -0.15) is 4.99 Å². The Labute approximate surface area is 63.1 Å². The molecule has 0 unspecified atom stereocenters. The SMILES string of the molecule is O=C1N=CN=C1CCC(O)O. The van der Waals surface area contributed by atoms with Gasteiger partial charge in [0.25, 0.3) is 5.91 Å². The van der Waals surface area contributed by atoms with Crippen LogP contribution in [0, 0.1) is 0 Å². The molecule has 0 bridgehead atoms. The van der Waals surface area contributed by atoms with Gasteiger partial charge in [-0.1, -0.05) is 0 Å². The second-order valence-corrected chi connectivity index (χ2v) is 2.14. The Morgan fingerprint density at radius 3 is 2.73 bits per heavy atom. The molecule has 0 aliphatic carbocycles. The van der Waals surface area contributed by atoms with E-state index in [-0.39, 0.29) is 24.5 Å². The molecule has 1 aliphatic heterocycles. The van der Waals surface area contributed by atoms with Gasteiger partial charge in [-0.05, 0) is 0 Å². The lowest BCUT2D eigenvalue weighted by Gasteiger charge is -1.99. The summed E-state index contributed by atoms with van der Waals surface area (Å²) in [6.07, 6.45) is 0.164. The van der Waals surface area contributed by atoms with Crippen molar-refractivity contribution < 1.29 is 15.0 Å². The van der Waals surface area contributed by atoms with Crippen molar-refractivity contribution in [2.24, 2.45) is 9.98 Å². The highest BCUT2D eigenvalue weighted by Gasteiger charge is 2.14. The zero-order valence-corrected chi connectivity index (χ0v) is 5.77. The maximum absolute atomic E-state index is 10.7.